The molecule has 5 rings (SSSR count). The maximum absolute atomic E-state index is 10.9. The molecule has 0 spiro atoms. The number of rotatable bonds is 6. The maximum atomic E-state index is 10.9. The van der Waals surface area contributed by atoms with Crippen molar-refractivity contribution in [1.29, 1.82) is 0 Å². The van der Waals surface area contributed by atoms with Crippen LogP contribution in [0.3, 0.4) is 0 Å². The summed E-state index contributed by atoms with van der Waals surface area (Å²) in [7, 11) is 0. The van der Waals surface area contributed by atoms with Crippen LogP contribution in [0.4, 0.5) is 11.4 Å². The maximum Gasteiger partial charge on any atom is 0.269 e. The Balaban J connectivity index is 1.43. The van der Waals surface area contributed by atoms with Gasteiger partial charge in [0.1, 0.15) is 17.6 Å². The van der Waals surface area contributed by atoms with Crippen LogP contribution in [0, 0.1) is 17.0 Å². The number of nitro groups is 1. The zero-order valence-electron chi connectivity index (χ0n) is 18.1. The Hall–Kier alpha value is -3.69. The number of benzene rings is 2. The molecule has 0 unspecified atom stereocenters. The van der Waals surface area contributed by atoms with Crippen LogP contribution in [0.1, 0.15) is 29.3 Å². The number of nitro benzene ring substituents is 1. The zero-order chi connectivity index (χ0) is 23.7. The Morgan fingerprint density at radius 1 is 1.03 bits per heavy atom. The molecular formula is C25H20N4O3S2. The summed E-state index contributed by atoms with van der Waals surface area (Å²) < 4.78 is 6.03. The van der Waals surface area contributed by atoms with Crippen LogP contribution in [-0.2, 0) is 0 Å². The Morgan fingerprint density at radius 2 is 1.74 bits per heavy atom. The van der Waals surface area contributed by atoms with Crippen molar-refractivity contribution in [2.45, 2.75) is 28.8 Å². The lowest BCUT2D eigenvalue weighted by Gasteiger charge is -2.26. The molecule has 4 aromatic rings. The lowest BCUT2D eigenvalue weighted by Crippen LogP contribution is -2.29. The molecule has 2 aromatic heterocycles. The number of aryl methyl sites for hydroxylation is 1. The van der Waals surface area contributed by atoms with Gasteiger partial charge in [-0.3, -0.25) is 15.1 Å². The fraction of sp³-hybridized carbons (Fsp3) is 0.120. The minimum atomic E-state index is -0.397. The lowest BCUT2D eigenvalue weighted by atomic mass is 10.0. The second-order valence-electron chi connectivity index (χ2n) is 7.79. The van der Waals surface area contributed by atoms with Gasteiger partial charge in [0.25, 0.3) is 5.69 Å². The van der Waals surface area contributed by atoms with E-state index in [4.69, 9.17) is 16.6 Å². The molecule has 1 saturated heterocycles. The summed E-state index contributed by atoms with van der Waals surface area (Å²) in [6.07, 6.45) is 1.78. The molecule has 1 aliphatic heterocycles. The largest absolute Gasteiger partial charge is 0.464 e. The van der Waals surface area contributed by atoms with E-state index in [-0.39, 0.29) is 17.8 Å². The number of nitrogens with one attached hydrogen (secondary N) is 1. The topological polar surface area (TPSA) is 84.4 Å². The molecule has 3 heterocycles. The molecule has 170 valence electrons. The van der Waals surface area contributed by atoms with Crippen LogP contribution in [0.15, 0.2) is 99.3 Å². The SMILES string of the molecule is Cc1ccc([C@H]2[C@H](c3ccccn3)NC(=S)N2c2ccc(Sc3ccc([N+](=O)[O-])cc3)cc2)o1. The van der Waals surface area contributed by atoms with Gasteiger partial charge >= 0.3 is 0 Å². The average molecular weight is 489 g/mol. The first-order valence-corrected chi connectivity index (χ1v) is 11.8. The highest BCUT2D eigenvalue weighted by atomic mass is 32.2. The van der Waals surface area contributed by atoms with Crippen molar-refractivity contribution in [2.24, 2.45) is 0 Å². The number of hydrogen-bond acceptors (Lipinski definition) is 6. The van der Waals surface area contributed by atoms with Gasteiger partial charge < -0.3 is 14.6 Å². The third-order valence-electron chi connectivity index (χ3n) is 5.55. The third kappa shape index (κ3) is 4.40. The van der Waals surface area contributed by atoms with Crippen molar-refractivity contribution in [2.75, 3.05) is 4.90 Å². The normalized spacial score (nSPS) is 17.6. The molecule has 1 fully saturated rings. The van der Waals surface area contributed by atoms with Gasteiger partial charge in [-0.25, -0.2) is 0 Å². The first kappa shape index (κ1) is 22.1. The van der Waals surface area contributed by atoms with E-state index in [0.717, 1.165) is 32.7 Å². The number of non-ortho nitro benzene ring substituents is 1. The van der Waals surface area contributed by atoms with E-state index in [1.165, 1.54) is 23.9 Å². The molecule has 0 amide bonds. The predicted octanol–water partition coefficient (Wildman–Crippen LogP) is 6.22. The molecular weight excluding hydrogens is 468 g/mol. The van der Waals surface area contributed by atoms with E-state index < -0.39 is 4.92 Å². The lowest BCUT2D eigenvalue weighted by molar-refractivity contribution is -0.384. The molecule has 9 heteroatoms. The molecule has 0 aliphatic carbocycles. The molecule has 7 nitrogen and oxygen atoms in total. The Bertz CT molecular complexity index is 1320. The van der Waals surface area contributed by atoms with Crippen molar-refractivity contribution < 1.29 is 9.34 Å². The number of thiocarbonyl (C=S) groups is 1. The van der Waals surface area contributed by atoms with E-state index in [9.17, 15) is 10.1 Å². The van der Waals surface area contributed by atoms with Crippen LogP contribution in [0.2, 0.25) is 0 Å². The Labute approximate surface area is 206 Å². The van der Waals surface area contributed by atoms with Gasteiger partial charge in [0.2, 0.25) is 0 Å². The number of furan rings is 1. The van der Waals surface area contributed by atoms with Crippen LogP contribution >= 0.6 is 24.0 Å². The average Bonchev–Trinajstić information content (AvgIpc) is 3.43. The second-order valence-corrected chi connectivity index (χ2v) is 9.33. The summed E-state index contributed by atoms with van der Waals surface area (Å²) in [6.45, 7) is 1.93. The van der Waals surface area contributed by atoms with Gasteiger partial charge in [0.05, 0.1) is 16.7 Å². The number of anilines is 1. The molecule has 1 aliphatic rings. The zero-order valence-corrected chi connectivity index (χ0v) is 19.8. The van der Waals surface area contributed by atoms with Crippen molar-refractivity contribution in [3.8, 4) is 0 Å². The molecule has 1 N–H and O–H groups in total. The fourth-order valence-corrected chi connectivity index (χ4v) is 5.14. The third-order valence-corrected chi connectivity index (χ3v) is 6.88. The van der Waals surface area contributed by atoms with E-state index in [2.05, 4.69) is 15.2 Å². The van der Waals surface area contributed by atoms with Gasteiger partial charge in [0.15, 0.2) is 5.11 Å². The van der Waals surface area contributed by atoms with Gasteiger partial charge in [0, 0.05) is 33.8 Å². The predicted molar refractivity (Wildman–Crippen MR) is 135 cm³/mol. The summed E-state index contributed by atoms with van der Waals surface area (Å²) >= 11 is 7.28. The van der Waals surface area contributed by atoms with E-state index >= 15 is 0 Å². The summed E-state index contributed by atoms with van der Waals surface area (Å²) in [4.78, 5) is 19.0. The number of hydrogen-bond donors (Lipinski definition) is 1. The first-order valence-electron chi connectivity index (χ1n) is 10.6. The number of nitrogens with zero attached hydrogens (tertiary/aromatic N) is 3. The van der Waals surface area contributed by atoms with Gasteiger partial charge in [-0.05, 0) is 79.8 Å². The quantitative estimate of drug-likeness (QED) is 0.195. The summed E-state index contributed by atoms with van der Waals surface area (Å²) in [5.74, 6) is 1.65. The smallest absolute Gasteiger partial charge is 0.269 e. The van der Waals surface area contributed by atoms with Crippen LogP contribution in [-0.4, -0.2) is 15.0 Å². The number of pyridine rings is 1. The highest BCUT2D eigenvalue weighted by Crippen LogP contribution is 2.42. The van der Waals surface area contributed by atoms with Crippen molar-refractivity contribution >= 4 is 40.5 Å². The highest BCUT2D eigenvalue weighted by molar-refractivity contribution is 7.99. The minimum Gasteiger partial charge on any atom is -0.464 e. The Morgan fingerprint density at radius 3 is 2.32 bits per heavy atom. The summed E-state index contributed by atoms with van der Waals surface area (Å²) in [5, 5.41) is 14.9. The molecule has 2 aromatic carbocycles. The van der Waals surface area contributed by atoms with Crippen LogP contribution in [0.5, 0.6) is 0 Å². The minimum absolute atomic E-state index is 0.0800. The molecule has 0 radical (unpaired) electrons. The van der Waals surface area contributed by atoms with Gasteiger partial charge in [-0.15, -0.1) is 0 Å². The van der Waals surface area contributed by atoms with Crippen molar-refractivity contribution in [3.05, 3.63) is 112 Å². The van der Waals surface area contributed by atoms with Gasteiger partial charge in [-0.2, -0.15) is 0 Å². The van der Waals surface area contributed by atoms with E-state index in [0.29, 0.717) is 5.11 Å². The Kier molecular flexibility index (Phi) is 6.04. The van der Waals surface area contributed by atoms with E-state index in [1.807, 2.05) is 61.5 Å². The van der Waals surface area contributed by atoms with Crippen molar-refractivity contribution in [3.63, 3.8) is 0 Å². The molecule has 34 heavy (non-hydrogen) atoms. The van der Waals surface area contributed by atoms with Crippen LogP contribution < -0.4 is 10.2 Å². The van der Waals surface area contributed by atoms with Crippen molar-refractivity contribution in [1.82, 2.24) is 10.3 Å². The molecule has 0 bridgehead atoms. The standard InChI is InChI=1S/C25H20N4O3S2/c1-16-5-14-22(32-16)24-23(21-4-2-3-15-26-21)27-25(33)28(24)17-6-10-19(11-7-17)34-20-12-8-18(9-13-20)29(30)31/h2-15,23-24H,1H3,(H,27,33)/t23-,24-/m0/s1. The van der Waals surface area contributed by atoms with Gasteiger partial charge in [-0.1, -0.05) is 17.8 Å². The molecule has 2 atom stereocenters. The molecule has 0 saturated carbocycles. The summed E-state index contributed by atoms with van der Waals surface area (Å²) in [5.41, 5.74) is 1.90. The monoisotopic (exact) mass is 488 g/mol. The fourth-order valence-electron chi connectivity index (χ4n) is 3.98. The van der Waals surface area contributed by atoms with E-state index in [1.54, 1.807) is 18.3 Å². The highest BCUT2D eigenvalue weighted by Gasteiger charge is 2.42. The second kappa shape index (κ2) is 9.28. The first-order chi connectivity index (χ1) is 16.5. The summed E-state index contributed by atoms with van der Waals surface area (Å²) in [6, 6.07) is 24.0. The number of aromatic nitrogens is 1. The van der Waals surface area contributed by atoms with Crippen LogP contribution in [0.25, 0.3) is 0 Å².